The van der Waals surface area contributed by atoms with E-state index in [1.807, 2.05) is 6.92 Å². The van der Waals surface area contributed by atoms with Crippen LogP contribution in [0.5, 0.6) is 0 Å². The van der Waals surface area contributed by atoms with Crippen molar-refractivity contribution in [1.29, 1.82) is 0 Å². The zero-order chi connectivity index (χ0) is 9.97. The molecule has 0 bridgehead atoms. The molecule has 0 spiro atoms. The van der Waals surface area contributed by atoms with Crippen LogP contribution in [0.15, 0.2) is 6.33 Å². The van der Waals surface area contributed by atoms with Crippen molar-refractivity contribution in [2.24, 2.45) is 0 Å². The lowest BCUT2D eigenvalue weighted by atomic mass is 10.4. The number of thiazole rings is 1. The molecule has 0 saturated heterocycles. The van der Waals surface area contributed by atoms with Crippen LogP contribution in [0.25, 0.3) is 10.8 Å². The Hall–Kier alpha value is -1.27. The van der Waals surface area contributed by atoms with Gasteiger partial charge in [-0.2, -0.15) is 5.10 Å². The minimum Gasteiger partial charge on any atom is -0.379 e. The highest BCUT2D eigenvalue weighted by atomic mass is 32.1. The molecule has 1 N–H and O–H groups in total. The van der Waals surface area contributed by atoms with Crippen LogP contribution in [-0.2, 0) is 11.3 Å². The van der Waals surface area contributed by atoms with E-state index >= 15 is 0 Å². The monoisotopic (exact) mass is 210 g/mol. The number of aryl methyl sites for hydroxylation is 1. The van der Waals surface area contributed by atoms with Gasteiger partial charge in [-0.05, 0) is 6.92 Å². The van der Waals surface area contributed by atoms with Gasteiger partial charge in [-0.3, -0.25) is 5.10 Å². The Bertz CT molecular complexity index is 409. The van der Waals surface area contributed by atoms with Gasteiger partial charge in [0.1, 0.15) is 6.33 Å². The van der Waals surface area contributed by atoms with Crippen molar-refractivity contribution in [2.45, 2.75) is 13.5 Å². The number of hydrogen-bond donors (Lipinski definition) is 1. The van der Waals surface area contributed by atoms with Gasteiger partial charge < -0.3 is 4.74 Å². The normalized spacial score (nSPS) is 10.7. The molecule has 74 valence electrons. The molecule has 14 heavy (non-hydrogen) atoms. The Morgan fingerprint density at radius 2 is 2.43 bits per heavy atom. The van der Waals surface area contributed by atoms with Gasteiger partial charge in [-0.15, -0.1) is 11.3 Å². The Morgan fingerprint density at radius 1 is 1.57 bits per heavy atom. The first-order valence-electron chi connectivity index (χ1n) is 4.12. The van der Waals surface area contributed by atoms with Crippen LogP contribution in [0.2, 0.25) is 0 Å². The van der Waals surface area contributed by atoms with Crippen LogP contribution in [0, 0.1) is 6.92 Å². The van der Waals surface area contributed by atoms with Crippen LogP contribution >= 0.6 is 11.3 Å². The number of H-pyrrole nitrogens is 1. The summed E-state index contributed by atoms with van der Waals surface area (Å²) in [6.07, 6.45) is 1.47. The summed E-state index contributed by atoms with van der Waals surface area (Å²) in [5.74, 6) is 0.709. The second-order valence-corrected chi connectivity index (χ2v) is 3.88. The molecule has 0 saturated carbocycles. The summed E-state index contributed by atoms with van der Waals surface area (Å²) in [5.41, 5.74) is 0.989. The van der Waals surface area contributed by atoms with Gasteiger partial charge in [0, 0.05) is 7.11 Å². The predicted molar refractivity (Wildman–Crippen MR) is 52.9 cm³/mol. The first kappa shape index (κ1) is 9.29. The zero-order valence-corrected chi connectivity index (χ0v) is 8.76. The van der Waals surface area contributed by atoms with E-state index in [-0.39, 0.29) is 0 Å². The summed E-state index contributed by atoms with van der Waals surface area (Å²) >= 11 is 1.57. The second kappa shape index (κ2) is 3.85. The Kier molecular flexibility index (Phi) is 2.55. The van der Waals surface area contributed by atoms with Crippen molar-refractivity contribution in [2.75, 3.05) is 7.11 Å². The SMILES string of the molecule is COCc1sc(-c2ncn[nH]2)nc1C. The third-order valence-corrected chi connectivity index (χ3v) is 2.92. The molecule has 2 rings (SSSR count). The number of methoxy groups -OCH3 is 1. The highest BCUT2D eigenvalue weighted by molar-refractivity contribution is 7.15. The minimum absolute atomic E-state index is 0.595. The maximum absolute atomic E-state index is 5.06. The molecule has 0 unspecified atom stereocenters. The minimum atomic E-state index is 0.595. The largest absolute Gasteiger partial charge is 0.379 e. The van der Waals surface area contributed by atoms with E-state index in [0.29, 0.717) is 12.4 Å². The highest BCUT2D eigenvalue weighted by Crippen LogP contribution is 2.25. The van der Waals surface area contributed by atoms with Gasteiger partial charge in [-0.25, -0.2) is 9.97 Å². The number of ether oxygens (including phenoxy) is 1. The van der Waals surface area contributed by atoms with Gasteiger partial charge in [0.05, 0.1) is 17.2 Å². The molecule has 2 heterocycles. The Labute approximate surface area is 85.2 Å². The molecule has 0 aliphatic carbocycles. The summed E-state index contributed by atoms with van der Waals surface area (Å²) in [6.45, 7) is 2.56. The molecule has 0 atom stereocenters. The number of nitrogens with zero attached hydrogens (tertiary/aromatic N) is 3. The lowest BCUT2D eigenvalue weighted by Gasteiger charge is -1.92. The average Bonchev–Trinajstić information content (AvgIpc) is 2.76. The van der Waals surface area contributed by atoms with E-state index in [1.165, 1.54) is 6.33 Å². The standard InChI is InChI=1S/C8H10N4OS/c1-5-6(3-13-2)14-8(11-5)7-9-4-10-12-7/h4H,3H2,1-2H3,(H,9,10,12). The fourth-order valence-corrected chi connectivity index (χ4v) is 2.08. The predicted octanol–water partition coefficient (Wildman–Crippen LogP) is 1.38. The maximum atomic E-state index is 5.06. The van der Waals surface area contributed by atoms with Crippen LogP contribution in [0.4, 0.5) is 0 Å². The fourth-order valence-electron chi connectivity index (χ4n) is 1.10. The van der Waals surface area contributed by atoms with E-state index in [9.17, 15) is 0 Å². The summed E-state index contributed by atoms with van der Waals surface area (Å²) in [4.78, 5) is 9.54. The van der Waals surface area contributed by atoms with Gasteiger partial charge in [0.2, 0.25) is 0 Å². The quantitative estimate of drug-likeness (QED) is 0.831. The van der Waals surface area contributed by atoms with Crippen molar-refractivity contribution >= 4 is 11.3 Å². The second-order valence-electron chi connectivity index (χ2n) is 2.79. The van der Waals surface area contributed by atoms with E-state index in [0.717, 1.165) is 15.6 Å². The molecule has 0 amide bonds. The van der Waals surface area contributed by atoms with Crippen LogP contribution < -0.4 is 0 Å². The molecule has 0 aliphatic rings. The fraction of sp³-hybridized carbons (Fsp3) is 0.375. The van der Waals surface area contributed by atoms with Crippen LogP contribution in [-0.4, -0.2) is 27.3 Å². The molecule has 2 aromatic rings. The molecule has 6 heteroatoms. The molecule has 0 fully saturated rings. The smallest absolute Gasteiger partial charge is 0.184 e. The summed E-state index contributed by atoms with van der Waals surface area (Å²) < 4.78 is 5.06. The maximum Gasteiger partial charge on any atom is 0.184 e. The molecule has 0 aliphatic heterocycles. The number of nitrogens with one attached hydrogen (secondary N) is 1. The van der Waals surface area contributed by atoms with E-state index in [4.69, 9.17) is 4.74 Å². The molecule has 0 aromatic carbocycles. The average molecular weight is 210 g/mol. The highest BCUT2D eigenvalue weighted by Gasteiger charge is 2.10. The summed E-state index contributed by atoms with van der Waals surface area (Å²) in [7, 11) is 1.67. The third kappa shape index (κ3) is 1.66. The first-order valence-corrected chi connectivity index (χ1v) is 4.94. The summed E-state index contributed by atoms with van der Waals surface area (Å²) in [5, 5.41) is 7.42. The number of aromatic nitrogens is 4. The lowest BCUT2D eigenvalue weighted by molar-refractivity contribution is 0.187. The van der Waals surface area contributed by atoms with Crippen LogP contribution in [0.3, 0.4) is 0 Å². The number of hydrogen-bond acceptors (Lipinski definition) is 5. The molecular weight excluding hydrogens is 200 g/mol. The van der Waals surface area contributed by atoms with E-state index in [1.54, 1.807) is 18.4 Å². The van der Waals surface area contributed by atoms with Crippen molar-refractivity contribution < 1.29 is 4.74 Å². The van der Waals surface area contributed by atoms with Gasteiger partial charge >= 0.3 is 0 Å². The van der Waals surface area contributed by atoms with E-state index < -0.39 is 0 Å². The van der Waals surface area contributed by atoms with Crippen LogP contribution in [0.1, 0.15) is 10.6 Å². The number of aromatic amines is 1. The van der Waals surface area contributed by atoms with Crippen molar-refractivity contribution in [3.8, 4) is 10.8 Å². The van der Waals surface area contributed by atoms with E-state index in [2.05, 4.69) is 20.2 Å². The van der Waals surface area contributed by atoms with Gasteiger partial charge in [-0.1, -0.05) is 0 Å². The van der Waals surface area contributed by atoms with Crippen molar-refractivity contribution in [3.05, 3.63) is 16.9 Å². The Morgan fingerprint density at radius 3 is 3.07 bits per heavy atom. The van der Waals surface area contributed by atoms with Gasteiger partial charge in [0.15, 0.2) is 10.8 Å². The van der Waals surface area contributed by atoms with Crippen molar-refractivity contribution in [3.63, 3.8) is 0 Å². The lowest BCUT2D eigenvalue weighted by Crippen LogP contribution is -1.85. The topological polar surface area (TPSA) is 63.7 Å². The summed E-state index contributed by atoms with van der Waals surface area (Å²) in [6, 6.07) is 0. The molecule has 0 radical (unpaired) electrons. The molecular formula is C8H10N4OS. The third-order valence-electron chi connectivity index (χ3n) is 1.79. The van der Waals surface area contributed by atoms with Gasteiger partial charge in [0.25, 0.3) is 0 Å². The Balaban J connectivity index is 2.33. The molecule has 5 nitrogen and oxygen atoms in total. The zero-order valence-electron chi connectivity index (χ0n) is 7.94. The molecule has 2 aromatic heterocycles. The first-order chi connectivity index (χ1) is 6.81. The van der Waals surface area contributed by atoms with Crippen molar-refractivity contribution in [1.82, 2.24) is 20.2 Å². The number of rotatable bonds is 3.